The molecular weight excluding hydrogens is 770 g/mol. The van der Waals surface area contributed by atoms with Gasteiger partial charge < -0.3 is 31.3 Å². The predicted molar refractivity (Wildman–Crippen MR) is 192 cm³/mol. The standard InChI is InChI=1S/C34H41F3N8O8S2/c35-34(36,37)33(44-45-33)22-12-8-21(9-13-22)30(48)41-24(31(49)53-18-17-40-29(47)20-10-14-23(15-11-20)55(38,51)52)5-3-4-16-39-27(46)7-2-1-6-26-28-25(19-54-26)42-32(50)43-28/h8-15,24-26,28H,1-7,16-19H2,(H,39,46)(H,40,47)(H,41,48)(H2,38,51,52)(H2,42,43,50)/t24-,25-,26-,28-/m0/s1. The van der Waals surface area contributed by atoms with Gasteiger partial charge in [0.2, 0.25) is 15.9 Å². The molecule has 2 saturated heterocycles. The first-order valence-electron chi connectivity index (χ1n) is 17.5. The molecule has 298 valence electrons. The first-order valence-corrected chi connectivity index (χ1v) is 20.1. The van der Waals surface area contributed by atoms with E-state index in [0.717, 1.165) is 42.9 Å². The van der Waals surface area contributed by atoms with Gasteiger partial charge in [-0.15, -0.1) is 10.2 Å². The van der Waals surface area contributed by atoms with Crippen molar-refractivity contribution in [3.05, 3.63) is 65.2 Å². The number of unbranched alkanes of at least 4 members (excludes halogenated alkanes) is 2. The highest BCUT2D eigenvalue weighted by molar-refractivity contribution is 8.00. The number of nitrogens with zero attached hydrogens (tertiary/aromatic N) is 2. The zero-order chi connectivity index (χ0) is 39.8. The predicted octanol–water partition coefficient (Wildman–Crippen LogP) is 2.60. The van der Waals surface area contributed by atoms with Crippen LogP contribution in [-0.2, 0) is 30.0 Å². The second kappa shape index (κ2) is 17.8. The second-order valence-electron chi connectivity index (χ2n) is 13.2. The number of hydrogen-bond acceptors (Lipinski definition) is 11. The van der Waals surface area contributed by atoms with Crippen LogP contribution in [0.4, 0.5) is 18.0 Å². The van der Waals surface area contributed by atoms with Crippen LogP contribution >= 0.6 is 11.8 Å². The molecule has 0 unspecified atom stereocenters. The van der Waals surface area contributed by atoms with Crippen LogP contribution < -0.4 is 31.7 Å². The van der Waals surface area contributed by atoms with Crippen molar-refractivity contribution in [2.75, 3.05) is 25.4 Å². The molecule has 2 fully saturated rings. The number of esters is 1. The first-order chi connectivity index (χ1) is 26.1. The lowest BCUT2D eigenvalue weighted by atomic mass is 10.0. The Balaban J connectivity index is 1.07. The maximum atomic E-state index is 13.4. The molecule has 5 amide bonds. The van der Waals surface area contributed by atoms with Gasteiger partial charge in [0.05, 0.1) is 23.5 Å². The molecule has 0 radical (unpaired) electrons. The second-order valence-corrected chi connectivity index (χ2v) is 16.0. The van der Waals surface area contributed by atoms with Gasteiger partial charge in [-0.1, -0.05) is 18.6 Å². The van der Waals surface area contributed by atoms with E-state index >= 15 is 0 Å². The molecule has 16 nitrogen and oxygen atoms in total. The summed E-state index contributed by atoms with van der Waals surface area (Å²) in [5.74, 6) is -1.41. The van der Waals surface area contributed by atoms with E-state index < -0.39 is 45.7 Å². The molecule has 4 atom stereocenters. The number of fused-ring (bicyclic) bond motifs is 1. The normalized spacial score (nSPS) is 20.1. The molecule has 2 aromatic carbocycles. The number of carbonyl (C=O) groups excluding carboxylic acids is 5. The maximum Gasteiger partial charge on any atom is 0.442 e. The number of nitrogens with two attached hydrogens (primary N) is 1. The van der Waals surface area contributed by atoms with E-state index in [4.69, 9.17) is 9.88 Å². The number of carbonyl (C=O) groups is 5. The summed E-state index contributed by atoms with van der Waals surface area (Å²) < 4.78 is 68.4. The number of urea groups is 1. The minimum atomic E-state index is -4.74. The number of primary sulfonamides is 1. The summed E-state index contributed by atoms with van der Waals surface area (Å²) in [6.45, 7) is -0.0893. The van der Waals surface area contributed by atoms with Gasteiger partial charge in [0.25, 0.3) is 11.8 Å². The summed E-state index contributed by atoms with van der Waals surface area (Å²) in [6.07, 6.45) is -1.05. The Labute approximate surface area is 318 Å². The van der Waals surface area contributed by atoms with Crippen molar-refractivity contribution in [2.45, 2.75) is 85.1 Å². The largest absolute Gasteiger partial charge is 0.462 e. The van der Waals surface area contributed by atoms with Crippen molar-refractivity contribution in [2.24, 2.45) is 15.4 Å². The van der Waals surface area contributed by atoms with E-state index in [1.54, 1.807) is 0 Å². The molecule has 0 aromatic heterocycles. The maximum absolute atomic E-state index is 13.4. The fourth-order valence-electron chi connectivity index (χ4n) is 6.17. The lowest BCUT2D eigenvalue weighted by molar-refractivity contribution is -0.166. The molecule has 55 heavy (non-hydrogen) atoms. The molecule has 0 spiro atoms. The van der Waals surface area contributed by atoms with E-state index in [9.17, 15) is 45.6 Å². The molecule has 0 saturated carbocycles. The lowest BCUT2D eigenvalue weighted by Crippen LogP contribution is -2.42. The van der Waals surface area contributed by atoms with Gasteiger partial charge in [-0.05, 0) is 68.5 Å². The zero-order valence-electron chi connectivity index (χ0n) is 29.4. The van der Waals surface area contributed by atoms with Gasteiger partial charge in [0, 0.05) is 40.7 Å². The van der Waals surface area contributed by atoms with Crippen LogP contribution in [0.2, 0.25) is 0 Å². The van der Waals surface area contributed by atoms with Gasteiger partial charge in [-0.3, -0.25) is 14.4 Å². The van der Waals surface area contributed by atoms with Crippen LogP contribution in [0.1, 0.15) is 71.2 Å². The number of thioether (sulfide) groups is 1. The summed E-state index contributed by atoms with van der Waals surface area (Å²) in [7, 11) is -3.94. The Morgan fingerprint density at radius 1 is 0.927 bits per heavy atom. The summed E-state index contributed by atoms with van der Waals surface area (Å²) in [6, 6.07) is 8.31. The molecule has 0 bridgehead atoms. The van der Waals surface area contributed by atoms with Crippen LogP contribution in [0.5, 0.6) is 0 Å². The van der Waals surface area contributed by atoms with E-state index in [1.165, 1.54) is 24.3 Å². The Hall–Kier alpha value is -4.76. The molecule has 7 N–H and O–H groups in total. The molecular formula is C34H41F3N8O8S2. The number of halogens is 3. The summed E-state index contributed by atoms with van der Waals surface area (Å²) in [4.78, 5) is 62.4. The highest BCUT2D eigenvalue weighted by Gasteiger charge is 2.65. The van der Waals surface area contributed by atoms with E-state index in [0.29, 0.717) is 37.5 Å². The molecule has 3 aliphatic heterocycles. The van der Waals surface area contributed by atoms with Crippen molar-refractivity contribution >= 4 is 51.5 Å². The highest BCUT2D eigenvalue weighted by atomic mass is 32.2. The first kappa shape index (κ1) is 41.4. The number of alkyl halides is 3. The lowest BCUT2D eigenvalue weighted by Gasteiger charge is -2.19. The number of amides is 5. The smallest absolute Gasteiger partial charge is 0.442 e. The molecule has 5 rings (SSSR count). The summed E-state index contributed by atoms with van der Waals surface area (Å²) >= 11 is 1.82. The quantitative estimate of drug-likeness (QED) is 0.0694. The number of hydrogen-bond donors (Lipinski definition) is 6. The third-order valence-corrected chi connectivity index (χ3v) is 11.7. The van der Waals surface area contributed by atoms with Crippen molar-refractivity contribution in [1.29, 1.82) is 0 Å². The average Bonchev–Trinajstić information content (AvgIpc) is 3.78. The Morgan fingerprint density at radius 3 is 2.25 bits per heavy atom. The topological polar surface area (TPSA) is 240 Å². The van der Waals surface area contributed by atoms with Crippen molar-refractivity contribution < 1.29 is 50.3 Å². The number of rotatable bonds is 19. The number of ether oxygens (including phenoxy) is 1. The third-order valence-electron chi connectivity index (χ3n) is 9.23. The van der Waals surface area contributed by atoms with E-state index in [2.05, 4.69) is 36.8 Å². The third kappa shape index (κ3) is 10.9. The minimum absolute atomic E-state index is 0.0245. The Kier molecular flexibility index (Phi) is 13.4. The SMILES string of the molecule is NS(=O)(=O)c1ccc(C(=O)NCCOC(=O)[C@H](CCCCNC(=O)CCCC[C@@H]2SC[C@@H]3NC(=O)N[C@@H]32)NC(=O)c2ccc(C3(C(F)(F)F)N=N3)cc2)cc1. The fraction of sp³-hybridized carbons (Fsp3) is 0.500. The number of benzene rings is 2. The highest BCUT2D eigenvalue weighted by Crippen LogP contribution is 2.52. The van der Waals surface area contributed by atoms with Gasteiger partial charge in [-0.2, -0.15) is 24.9 Å². The monoisotopic (exact) mass is 810 g/mol. The van der Waals surface area contributed by atoms with Crippen molar-refractivity contribution in [1.82, 2.24) is 26.6 Å². The van der Waals surface area contributed by atoms with Gasteiger partial charge >= 0.3 is 23.8 Å². The molecule has 0 aliphatic carbocycles. The van der Waals surface area contributed by atoms with Crippen molar-refractivity contribution in [3.63, 3.8) is 0 Å². The zero-order valence-corrected chi connectivity index (χ0v) is 31.0. The minimum Gasteiger partial charge on any atom is -0.462 e. The van der Waals surface area contributed by atoms with Crippen LogP contribution in [0, 0.1) is 0 Å². The van der Waals surface area contributed by atoms with Crippen LogP contribution in [-0.4, -0.2) is 93.1 Å². The van der Waals surface area contributed by atoms with Crippen LogP contribution in [0.15, 0.2) is 63.7 Å². The van der Waals surface area contributed by atoms with Crippen molar-refractivity contribution in [3.8, 4) is 0 Å². The Bertz CT molecular complexity index is 1880. The van der Waals surface area contributed by atoms with Gasteiger partial charge in [-0.25, -0.2) is 23.1 Å². The average molecular weight is 811 g/mol. The van der Waals surface area contributed by atoms with Crippen LogP contribution in [0.25, 0.3) is 0 Å². The van der Waals surface area contributed by atoms with E-state index in [1.807, 2.05) is 11.8 Å². The number of sulfonamides is 1. The summed E-state index contributed by atoms with van der Waals surface area (Å²) in [5, 5.41) is 25.5. The van der Waals surface area contributed by atoms with Crippen LogP contribution in [0.3, 0.4) is 0 Å². The van der Waals surface area contributed by atoms with E-state index in [-0.39, 0.29) is 65.2 Å². The molecule has 3 aliphatic rings. The Morgan fingerprint density at radius 2 is 1.60 bits per heavy atom. The fourth-order valence-corrected chi connectivity index (χ4v) is 8.22. The number of nitrogens with one attached hydrogen (secondary N) is 5. The van der Waals surface area contributed by atoms with Gasteiger partial charge in [0.15, 0.2) is 0 Å². The van der Waals surface area contributed by atoms with Gasteiger partial charge in [0.1, 0.15) is 12.6 Å². The molecule has 21 heteroatoms. The molecule has 2 aromatic rings. The summed E-state index contributed by atoms with van der Waals surface area (Å²) in [5.41, 5.74) is -2.81. The molecule has 3 heterocycles.